The van der Waals surface area contributed by atoms with Crippen LogP contribution >= 0.6 is 23.2 Å². The largest absolute Gasteiger partial charge is 0.496 e. The molecular weight excluding hydrogens is 735 g/mol. The predicted octanol–water partition coefficient (Wildman–Crippen LogP) is 4.91. The fraction of sp³-hybridized carbons (Fsp3) is 0.447. The quantitative estimate of drug-likeness (QED) is 0.276. The van der Waals surface area contributed by atoms with E-state index in [0.717, 1.165) is 24.1 Å². The average molecular weight is 778 g/mol. The zero-order chi connectivity index (χ0) is 37.9. The minimum Gasteiger partial charge on any atom is -0.496 e. The molecule has 0 saturated carbocycles. The lowest BCUT2D eigenvalue weighted by atomic mass is 9.73. The van der Waals surface area contributed by atoms with Gasteiger partial charge in [0.15, 0.2) is 6.10 Å². The number of nitrogens with one attached hydrogen (secondary N) is 1. The van der Waals surface area contributed by atoms with E-state index >= 15 is 0 Å². The number of carbonyl (C=O) groups excluding carboxylic acids is 2. The number of carboxylic acid groups (broad SMARTS) is 1. The molecule has 54 heavy (non-hydrogen) atoms. The van der Waals surface area contributed by atoms with E-state index in [-0.39, 0.29) is 31.0 Å². The van der Waals surface area contributed by atoms with Gasteiger partial charge in [-0.05, 0) is 98.1 Å². The van der Waals surface area contributed by atoms with E-state index in [1.807, 2.05) is 53.4 Å². The molecule has 2 N–H and O–H groups in total. The molecule has 14 nitrogen and oxygen atoms in total. The van der Waals surface area contributed by atoms with Crippen LogP contribution in [0.25, 0.3) is 0 Å². The molecule has 3 fully saturated rings. The van der Waals surface area contributed by atoms with E-state index < -0.39 is 22.9 Å². The number of benzene rings is 2. The van der Waals surface area contributed by atoms with Gasteiger partial charge < -0.3 is 24.4 Å². The zero-order valence-electron chi connectivity index (χ0n) is 29.9. The summed E-state index contributed by atoms with van der Waals surface area (Å²) in [6.45, 7) is 3.63. The molecular formula is C38H42Cl2N8O6. The second-order valence-electron chi connectivity index (χ2n) is 14.2. The molecule has 0 radical (unpaired) electrons. The molecule has 7 rings (SSSR count). The van der Waals surface area contributed by atoms with Crippen molar-refractivity contribution >= 4 is 47.2 Å². The van der Waals surface area contributed by atoms with Crippen molar-refractivity contribution in [2.24, 2.45) is 15.4 Å². The van der Waals surface area contributed by atoms with Gasteiger partial charge in [0.2, 0.25) is 5.91 Å². The average Bonchev–Trinajstić information content (AvgIpc) is 3.90. The summed E-state index contributed by atoms with van der Waals surface area (Å²) in [6.07, 6.45) is 4.81. The Labute approximate surface area is 323 Å². The maximum atomic E-state index is 14.2. The van der Waals surface area contributed by atoms with Crippen molar-refractivity contribution in [2.75, 3.05) is 59.5 Å². The number of carboxylic acids is 1. The first-order chi connectivity index (χ1) is 26.1. The first-order valence-electron chi connectivity index (χ1n) is 18.0. The van der Waals surface area contributed by atoms with Gasteiger partial charge in [-0.25, -0.2) is 9.80 Å². The van der Waals surface area contributed by atoms with Crippen LogP contribution in [-0.2, 0) is 25.2 Å². The summed E-state index contributed by atoms with van der Waals surface area (Å²) in [5, 5.41) is 23.7. The van der Waals surface area contributed by atoms with Crippen molar-refractivity contribution in [1.29, 1.82) is 0 Å². The van der Waals surface area contributed by atoms with E-state index in [1.165, 1.54) is 0 Å². The predicted molar refractivity (Wildman–Crippen MR) is 201 cm³/mol. The topological polar surface area (TPSA) is 162 Å². The third-order valence-corrected chi connectivity index (χ3v) is 12.0. The highest BCUT2D eigenvalue weighted by Crippen LogP contribution is 2.42. The Hall–Kier alpha value is -4.47. The Morgan fingerprint density at radius 2 is 1.85 bits per heavy atom. The van der Waals surface area contributed by atoms with Gasteiger partial charge in [0.25, 0.3) is 5.91 Å². The van der Waals surface area contributed by atoms with E-state index in [0.29, 0.717) is 79.0 Å². The molecule has 0 bridgehead atoms. The van der Waals surface area contributed by atoms with Gasteiger partial charge in [-0.15, -0.1) is 5.10 Å². The number of ether oxygens (including phenoxy) is 2. The smallest absolute Gasteiger partial charge is 0.334 e. The van der Waals surface area contributed by atoms with E-state index in [2.05, 4.69) is 30.7 Å². The number of pyridine rings is 1. The number of piperidine rings is 1. The van der Waals surface area contributed by atoms with Gasteiger partial charge in [0, 0.05) is 31.2 Å². The number of likely N-dealkylation sites (tertiary alicyclic amines) is 2. The Morgan fingerprint density at radius 1 is 1.02 bits per heavy atom. The Balaban J connectivity index is 1.08. The standard InChI is InChI=1S/C38H42Cl2N8O6/c1-53-31-8-5-25(30-22-42-45-43-30)20-27(31)34(49)47-17-10-37(24-47,26-6-7-28(39)29(40)21-26)9-14-46-15-11-38(12-16-46,33-4-2-3-13-41-33)36(52)44-48-18-19-54-32(23-48)35(50)51/h2-8,13,20-22,30,32H,9-12,14-19,23-24H2,1H3,(H,44,52)(H,50,51). The number of hydrogen-bond donors (Lipinski definition) is 2. The normalized spacial score (nSPS) is 24.1. The van der Waals surface area contributed by atoms with Crippen molar-refractivity contribution in [2.45, 2.75) is 48.7 Å². The van der Waals surface area contributed by atoms with Gasteiger partial charge in [-0.2, -0.15) is 5.11 Å². The maximum absolute atomic E-state index is 14.2. The molecule has 3 atom stereocenters. The van der Waals surface area contributed by atoms with Crippen LogP contribution in [-0.4, -0.2) is 115 Å². The third kappa shape index (κ3) is 7.71. The van der Waals surface area contributed by atoms with Crippen LogP contribution in [0.15, 0.2) is 76.2 Å². The van der Waals surface area contributed by atoms with Gasteiger partial charge in [-0.3, -0.25) is 20.0 Å². The summed E-state index contributed by atoms with van der Waals surface area (Å²) in [6, 6.07) is 16.4. The number of halogens is 2. The highest BCUT2D eigenvalue weighted by atomic mass is 35.5. The van der Waals surface area contributed by atoms with Crippen LogP contribution in [0.4, 0.5) is 0 Å². The third-order valence-electron chi connectivity index (χ3n) is 11.2. The molecule has 284 valence electrons. The number of aliphatic carboxylic acids is 1. The van der Waals surface area contributed by atoms with E-state index in [1.54, 1.807) is 30.6 Å². The summed E-state index contributed by atoms with van der Waals surface area (Å²) in [7, 11) is 1.55. The van der Waals surface area contributed by atoms with Gasteiger partial charge in [-0.1, -0.05) is 41.4 Å². The van der Waals surface area contributed by atoms with Crippen LogP contribution in [0.5, 0.6) is 5.75 Å². The fourth-order valence-corrected chi connectivity index (χ4v) is 8.29. The zero-order valence-corrected chi connectivity index (χ0v) is 31.4. The summed E-state index contributed by atoms with van der Waals surface area (Å²) in [5.41, 5.74) is 4.65. The molecule has 4 aliphatic rings. The Kier molecular flexibility index (Phi) is 11.3. The lowest BCUT2D eigenvalue weighted by Gasteiger charge is -2.43. The van der Waals surface area contributed by atoms with E-state index in [9.17, 15) is 19.5 Å². The molecule has 2 aromatic carbocycles. The minimum absolute atomic E-state index is 0.0569. The van der Waals surface area contributed by atoms with Gasteiger partial charge in [0.1, 0.15) is 11.8 Å². The number of carbonyl (C=O) groups is 3. The molecule has 5 heterocycles. The molecule has 3 aromatic rings. The highest BCUT2D eigenvalue weighted by molar-refractivity contribution is 6.42. The number of hydrogen-bond acceptors (Lipinski definition) is 11. The number of nitrogens with zero attached hydrogens (tertiary/aromatic N) is 7. The molecule has 3 unspecified atom stereocenters. The molecule has 3 saturated heterocycles. The summed E-state index contributed by atoms with van der Waals surface area (Å²) < 4.78 is 11.0. The number of methoxy groups -OCH3 is 1. The Bertz CT molecular complexity index is 1930. The number of amides is 2. The summed E-state index contributed by atoms with van der Waals surface area (Å²) >= 11 is 12.9. The molecule has 1 aromatic heterocycles. The second-order valence-corrected chi connectivity index (χ2v) is 15.0. The number of aromatic nitrogens is 1. The van der Waals surface area contributed by atoms with Gasteiger partial charge >= 0.3 is 5.97 Å². The SMILES string of the molecule is COc1ccc(C2C=NN=N2)cc1C(=O)N1CCC(CCN2CCC(C(=O)NN3CCOC(C(=O)O)C3)(c3ccccn3)CC2)(c2ccc(Cl)c(Cl)c2)C1. The Morgan fingerprint density at radius 3 is 2.56 bits per heavy atom. The first-order valence-corrected chi connectivity index (χ1v) is 18.8. The lowest BCUT2D eigenvalue weighted by molar-refractivity contribution is -0.160. The van der Waals surface area contributed by atoms with Crippen molar-refractivity contribution < 1.29 is 29.0 Å². The number of hydrazine groups is 1. The summed E-state index contributed by atoms with van der Waals surface area (Å²) in [4.78, 5) is 48.8. The van der Waals surface area contributed by atoms with E-state index in [4.69, 9.17) is 32.7 Å². The van der Waals surface area contributed by atoms with Gasteiger partial charge in [0.05, 0.1) is 53.2 Å². The maximum Gasteiger partial charge on any atom is 0.334 e. The van der Waals surface area contributed by atoms with Crippen molar-refractivity contribution in [3.8, 4) is 5.75 Å². The molecule has 16 heteroatoms. The van der Waals surface area contributed by atoms with Crippen LogP contribution in [0, 0.1) is 0 Å². The van der Waals surface area contributed by atoms with Crippen molar-refractivity contribution in [1.82, 2.24) is 25.2 Å². The first kappa shape index (κ1) is 37.8. The number of rotatable bonds is 11. The molecule has 2 amide bonds. The van der Waals surface area contributed by atoms with Crippen LogP contribution in [0.1, 0.15) is 58.9 Å². The second kappa shape index (κ2) is 16.1. The van der Waals surface area contributed by atoms with Crippen LogP contribution in [0.3, 0.4) is 0 Å². The van der Waals surface area contributed by atoms with Crippen LogP contribution in [0.2, 0.25) is 10.0 Å². The monoisotopic (exact) mass is 776 g/mol. The molecule has 0 aliphatic carbocycles. The minimum atomic E-state index is -1.06. The summed E-state index contributed by atoms with van der Waals surface area (Å²) in [5.74, 6) is -0.924. The number of morpholine rings is 1. The fourth-order valence-electron chi connectivity index (χ4n) is 7.99. The molecule has 0 spiro atoms. The van der Waals surface area contributed by atoms with Crippen molar-refractivity contribution in [3.05, 3.63) is 93.2 Å². The molecule has 4 aliphatic heterocycles. The highest BCUT2D eigenvalue weighted by Gasteiger charge is 2.47. The van der Waals surface area contributed by atoms with Crippen LogP contribution < -0.4 is 10.2 Å². The lowest BCUT2D eigenvalue weighted by Crippen LogP contribution is -2.59. The van der Waals surface area contributed by atoms with Crippen molar-refractivity contribution in [3.63, 3.8) is 0 Å².